The predicted octanol–water partition coefficient (Wildman–Crippen LogP) is 1.53. The van der Waals surface area contributed by atoms with Crippen LogP contribution in [0.4, 0.5) is 21.0 Å². The van der Waals surface area contributed by atoms with Gasteiger partial charge in [0.15, 0.2) is 8.08 Å². The fourth-order valence-corrected chi connectivity index (χ4v) is 1.99. The second-order valence-corrected chi connectivity index (χ2v) is 5.27. The van der Waals surface area contributed by atoms with Crippen molar-refractivity contribution in [2.75, 3.05) is 13.1 Å². The summed E-state index contributed by atoms with van der Waals surface area (Å²) in [5.74, 6) is 0. The van der Waals surface area contributed by atoms with Crippen LogP contribution in [0.1, 0.15) is 12.8 Å². The molecule has 90 valence electrons. The molecule has 1 atom stereocenters. The van der Waals surface area contributed by atoms with Crippen molar-refractivity contribution in [3.8, 4) is 0 Å². The van der Waals surface area contributed by atoms with Gasteiger partial charge in [-0.05, 0) is 12.8 Å². The molecule has 0 amide bonds. The van der Waals surface area contributed by atoms with E-state index in [1.807, 2.05) is 0 Å². The molecule has 1 rings (SSSR count). The van der Waals surface area contributed by atoms with Gasteiger partial charge in [-0.25, -0.2) is 0 Å². The fourth-order valence-electron chi connectivity index (χ4n) is 0.839. The van der Waals surface area contributed by atoms with Gasteiger partial charge in [0, 0.05) is 13.1 Å². The van der Waals surface area contributed by atoms with Crippen molar-refractivity contribution in [2.24, 2.45) is 0 Å². The number of rotatable bonds is 1. The van der Waals surface area contributed by atoms with Crippen molar-refractivity contribution in [1.29, 1.82) is 0 Å². The average molecular weight is 284 g/mol. The second kappa shape index (κ2) is 6.31. The molecule has 1 unspecified atom stereocenters. The van der Waals surface area contributed by atoms with Gasteiger partial charge >= 0.3 is 29.1 Å². The third kappa shape index (κ3) is 18.5. The molecule has 1 nitrogen and oxygen atoms in total. The van der Waals surface area contributed by atoms with Crippen molar-refractivity contribution in [1.82, 2.24) is 4.67 Å². The Hall–Kier alpha value is 0.690. The summed E-state index contributed by atoms with van der Waals surface area (Å²) in [7, 11) is -8.44. The Balaban J connectivity index is 0. The van der Waals surface area contributed by atoms with E-state index in [1.54, 1.807) is 0 Å². The third-order valence-electron chi connectivity index (χ3n) is 1.28. The standard InChI is InChI=1S/C4H9ClNP.F5P.FH/c5-7-6-3-1-2-4-6;1-6(2,3,4)5;/h7H,1-4H2;;1H. The monoisotopic (exact) mass is 283 g/mol. The molecule has 0 bridgehead atoms. The Morgan fingerprint density at radius 3 is 1.43 bits per heavy atom. The van der Waals surface area contributed by atoms with Gasteiger partial charge in [-0.1, -0.05) is 0 Å². The first kappa shape index (κ1) is 17.1. The second-order valence-electron chi connectivity index (χ2n) is 2.48. The zero-order valence-electron chi connectivity index (χ0n) is 6.95. The summed E-state index contributed by atoms with van der Waals surface area (Å²) in [4.78, 5) is 0. The van der Waals surface area contributed by atoms with Crippen molar-refractivity contribution in [3.63, 3.8) is 0 Å². The molecule has 0 spiro atoms. The Labute approximate surface area is 84.5 Å². The molecule has 1 aliphatic rings. The molecule has 0 N–H and O–H groups in total. The maximum Gasteiger partial charge on any atom is -1.00 e. The summed E-state index contributed by atoms with van der Waals surface area (Å²) in [6, 6.07) is 0. The van der Waals surface area contributed by atoms with Crippen LogP contribution in [0.5, 0.6) is 0 Å². The zero-order valence-corrected chi connectivity index (χ0v) is 9.75. The molecule has 0 aromatic heterocycles. The molecule has 1 heterocycles. The van der Waals surface area contributed by atoms with E-state index in [0.717, 1.165) is 0 Å². The first-order chi connectivity index (χ1) is 5.67. The van der Waals surface area contributed by atoms with Crippen LogP contribution in [0.25, 0.3) is 0 Å². The number of halogens is 7. The van der Waals surface area contributed by atoms with Gasteiger partial charge in [0.05, 0.1) is 0 Å². The van der Waals surface area contributed by atoms with E-state index < -0.39 is 8.16 Å². The Kier molecular flexibility index (Phi) is 7.71. The molecule has 1 saturated heterocycles. The van der Waals surface area contributed by atoms with Crippen LogP contribution >= 0.6 is 27.5 Å². The van der Waals surface area contributed by atoms with E-state index in [1.165, 1.54) is 25.9 Å². The summed E-state index contributed by atoms with van der Waals surface area (Å²) >= 11 is 5.62. The number of hydrogen-bond donors (Lipinski definition) is 0. The molecule has 1 fully saturated rings. The van der Waals surface area contributed by atoms with Crippen LogP contribution in [-0.2, 0) is 0 Å². The van der Waals surface area contributed by atoms with Crippen LogP contribution in [0.15, 0.2) is 0 Å². The number of nitrogens with zero attached hydrogens (tertiary/aromatic N) is 1. The van der Waals surface area contributed by atoms with E-state index in [9.17, 15) is 21.0 Å². The van der Waals surface area contributed by atoms with Gasteiger partial charge in [-0.15, -0.1) is 0 Å². The maximum atomic E-state index is 9.84. The largest absolute Gasteiger partial charge is 1.00 e. The van der Waals surface area contributed by atoms with Gasteiger partial charge in [0.2, 0.25) is 0 Å². The minimum Gasteiger partial charge on any atom is -1.00 e. The molecule has 10 heteroatoms. The van der Waals surface area contributed by atoms with Crippen molar-refractivity contribution in [3.05, 3.63) is 0 Å². The fraction of sp³-hybridized carbons (Fsp3) is 1.00. The molecule has 0 saturated carbocycles. The minimum absolute atomic E-state index is 0. The third-order valence-corrected chi connectivity index (χ3v) is 2.90. The smallest absolute Gasteiger partial charge is 1.00 e. The average Bonchev–Trinajstić information content (AvgIpc) is 2.31. The normalized spacial score (nSPS) is 20.9. The minimum atomic E-state index is -8.55. The first-order valence-corrected chi connectivity index (χ1v) is 7.41. The Bertz CT molecular complexity index is 139. The first-order valence-electron chi connectivity index (χ1n) is 3.45. The van der Waals surface area contributed by atoms with Gasteiger partial charge in [0.1, 0.15) is 11.2 Å². The van der Waals surface area contributed by atoms with Crippen molar-refractivity contribution >= 4 is 27.5 Å². The molecule has 1 aliphatic heterocycles. The van der Waals surface area contributed by atoms with Crippen LogP contribution in [-0.4, -0.2) is 17.8 Å². The summed E-state index contributed by atoms with van der Waals surface area (Å²) < 4.78 is 51.5. The van der Waals surface area contributed by atoms with Gasteiger partial charge in [0.25, 0.3) is 0 Å². The quantitative estimate of drug-likeness (QED) is 0.521. The van der Waals surface area contributed by atoms with Crippen LogP contribution in [0, 0.1) is 0 Å². The van der Waals surface area contributed by atoms with E-state index in [2.05, 4.69) is 4.67 Å². The SMILES string of the molecule is Cl[PH2+]N1CCCC1.FP(F)(F)(F)F.[F-]. The Morgan fingerprint density at radius 2 is 1.29 bits per heavy atom. The van der Waals surface area contributed by atoms with E-state index in [0.29, 0.717) is 0 Å². The summed E-state index contributed by atoms with van der Waals surface area (Å²) in [5, 5.41) is 0. The summed E-state index contributed by atoms with van der Waals surface area (Å²) in [5.41, 5.74) is 0. The molecule has 14 heavy (non-hydrogen) atoms. The van der Waals surface area contributed by atoms with Gasteiger partial charge in [-0.2, -0.15) is 4.67 Å². The maximum absolute atomic E-state index is 9.84. The van der Waals surface area contributed by atoms with Crippen LogP contribution < -0.4 is 4.70 Å². The summed E-state index contributed by atoms with van der Waals surface area (Å²) in [6.45, 7) is 2.50. The van der Waals surface area contributed by atoms with E-state index >= 15 is 0 Å². The molecule has 0 aromatic carbocycles. The van der Waals surface area contributed by atoms with Gasteiger partial charge in [-0.3, -0.25) is 0 Å². The van der Waals surface area contributed by atoms with E-state index in [4.69, 9.17) is 11.2 Å². The van der Waals surface area contributed by atoms with E-state index in [-0.39, 0.29) is 12.8 Å². The molecular formula is C4H10ClF6NP2. The molecule has 0 radical (unpaired) electrons. The van der Waals surface area contributed by atoms with Crippen LogP contribution in [0.3, 0.4) is 0 Å². The van der Waals surface area contributed by atoms with Crippen molar-refractivity contribution < 1.29 is 25.7 Å². The molecule has 0 aromatic rings. The topological polar surface area (TPSA) is 3.24 Å². The van der Waals surface area contributed by atoms with Gasteiger partial charge < -0.3 is 4.70 Å². The van der Waals surface area contributed by atoms with Crippen molar-refractivity contribution in [2.45, 2.75) is 12.8 Å². The Morgan fingerprint density at radius 1 is 1.00 bits per heavy atom. The predicted molar refractivity (Wildman–Crippen MR) is 48.8 cm³/mol. The number of hydrogen-bond acceptors (Lipinski definition) is 1. The zero-order chi connectivity index (χ0) is 10.6. The molecular weight excluding hydrogens is 273 g/mol. The summed E-state index contributed by atoms with van der Waals surface area (Å²) in [6.07, 6.45) is 2.72. The molecule has 0 aliphatic carbocycles. The van der Waals surface area contributed by atoms with Crippen LogP contribution in [0.2, 0.25) is 0 Å².